The van der Waals surface area contributed by atoms with Gasteiger partial charge in [-0.05, 0) is 39.7 Å². The summed E-state index contributed by atoms with van der Waals surface area (Å²) in [5, 5.41) is 10.5. The third-order valence-corrected chi connectivity index (χ3v) is 4.74. The van der Waals surface area contributed by atoms with Gasteiger partial charge in [0.25, 0.3) is 0 Å². The molecule has 2 aromatic rings. The summed E-state index contributed by atoms with van der Waals surface area (Å²) < 4.78 is 7.78. The molecule has 0 saturated carbocycles. The van der Waals surface area contributed by atoms with E-state index in [4.69, 9.17) is 4.74 Å². The summed E-state index contributed by atoms with van der Waals surface area (Å²) in [6.07, 6.45) is 3.81. The van der Waals surface area contributed by atoms with E-state index in [9.17, 15) is 4.79 Å². The predicted octanol–water partition coefficient (Wildman–Crippen LogP) is 2.55. The van der Waals surface area contributed by atoms with Gasteiger partial charge in [-0.2, -0.15) is 5.10 Å². The molecule has 0 unspecified atom stereocenters. The van der Waals surface area contributed by atoms with Crippen molar-refractivity contribution in [2.24, 2.45) is 13.0 Å². The van der Waals surface area contributed by atoms with Gasteiger partial charge in [0.15, 0.2) is 0 Å². The van der Waals surface area contributed by atoms with Crippen molar-refractivity contribution in [3.05, 3.63) is 40.6 Å². The molecule has 8 heteroatoms. The van der Waals surface area contributed by atoms with Crippen molar-refractivity contribution >= 4 is 39.9 Å². The Labute approximate surface area is 155 Å². The van der Waals surface area contributed by atoms with Crippen LogP contribution in [0, 0.1) is 5.92 Å². The van der Waals surface area contributed by atoms with Crippen molar-refractivity contribution in [3.63, 3.8) is 0 Å². The molecule has 0 bridgehead atoms. The van der Waals surface area contributed by atoms with Crippen molar-refractivity contribution in [1.82, 2.24) is 15.1 Å². The quantitative estimate of drug-likeness (QED) is 0.805. The number of ether oxygens (including phenoxy) is 1. The Morgan fingerprint density at radius 2 is 2.25 bits per heavy atom. The molecule has 1 amide bonds. The molecule has 1 aromatic heterocycles. The third-order valence-electron chi connectivity index (χ3n) is 4.12. The Hall–Kier alpha value is -1.57. The van der Waals surface area contributed by atoms with E-state index >= 15 is 0 Å². The van der Waals surface area contributed by atoms with Gasteiger partial charge >= 0.3 is 0 Å². The van der Waals surface area contributed by atoms with Crippen LogP contribution in [0.25, 0.3) is 0 Å². The number of halogens is 2. The van der Waals surface area contributed by atoms with Crippen molar-refractivity contribution in [3.8, 4) is 5.75 Å². The number of aryl methyl sites for hydroxylation is 1. The van der Waals surface area contributed by atoms with Crippen LogP contribution in [0.1, 0.15) is 11.5 Å². The number of anilines is 1. The number of methoxy groups -OCH3 is 1. The number of amides is 1. The summed E-state index contributed by atoms with van der Waals surface area (Å²) in [5.41, 5.74) is 1.84. The molecular weight excluding hydrogens is 396 g/mol. The summed E-state index contributed by atoms with van der Waals surface area (Å²) >= 11 is 3.43. The van der Waals surface area contributed by atoms with Gasteiger partial charge in [0.05, 0.1) is 23.7 Å². The number of hydrogen-bond acceptors (Lipinski definition) is 4. The molecule has 1 fully saturated rings. The molecule has 130 valence electrons. The average molecular weight is 416 g/mol. The molecule has 6 nitrogen and oxygen atoms in total. The number of rotatable bonds is 4. The van der Waals surface area contributed by atoms with Crippen LogP contribution in [0.15, 0.2) is 35.1 Å². The van der Waals surface area contributed by atoms with Crippen LogP contribution in [-0.2, 0) is 11.8 Å². The first-order chi connectivity index (χ1) is 11.1. The summed E-state index contributed by atoms with van der Waals surface area (Å²) in [4.78, 5) is 12.6. The van der Waals surface area contributed by atoms with Crippen molar-refractivity contribution < 1.29 is 9.53 Å². The lowest BCUT2D eigenvalue weighted by atomic mass is 9.90. The standard InChI is InChI=1S/C16H19BrN4O2.ClH/c1-21-9-10(6-19-21)12-7-18-8-13(12)16(22)20-11-3-4-15(23-2)14(17)5-11;/h3-6,9,12-13,18H,7-8H2,1-2H3,(H,20,22);1H/t12-,13+;/m1./s1. The number of aromatic nitrogens is 2. The molecule has 0 radical (unpaired) electrons. The lowest BCUT2D eigenvalue weighted by Gasteiger charge is -2.17. The second-order valence-corrected chi connectivity index (χ2v) is 6.51. The first-order valence-corrected chi connectivity index (χ1v) is 8.21. The van der Waals surface area contributed by atoms with Crippen molar-refractivity contribution in [2.45, 2.75) is 5.92 Å². The van der Waals surface area contributed by atoms with E-state index in [1.807, 2.05) is 37.6 Å². The van der Waals surface area contributed by atoms with Gasteiger partial charge in [0.2, 0.25) is 5.91 Å². The van der Waals surface area contributed by atoms with E-state index in [0.717, 1.165) is 28.0 Å². The van der Waals surface area contributed by atoms with Crippen LogP contribution in [0.3, 0.4) is 0 Å². The molecular formula is C16H20BrClN4O2. The number of benzene rings is 1. The molecule has 2 atom stereocenters. The number of hydrogen-bond donors (Lipinski definition) is 2. The fraction of sp³-hybridized carbons (Fsp3) is 0.375. The van der Waals surface area contributed by atoms with E-state index in [2.05, 4.69) is 31.7 Å². The van der Waals surface area contributed by atoms with Crippen LogP contribution in [0.5, 0.6) is 5.75 Å². The summed E-state index contributed by atoms with van der Waals surface area (Å²) in [5.74, 6) is 0.783. The molecule has 1 aromatic carbocycles. The van der Waals surface area contributed by atoms with Gasteiger partial charge in [0.1, 0.15) is 5.75 Å². The number of nitrogens with zero attached hydrogens (tertiary/aromatic N) is 2. The van der Waals surface area contributed by atoms with Crippen LogP contribution in [0.4, 0.5) is 5.69 Å². The van der Waals surface area contributed by atoms with Gasteiger partial charge in [-0.15, -0.1) is 12.4 Å². The monoisotopic (exact) mass is 414 g/mol. The normalized spacial score (nSPS) is 19.6. The highest BCUT2D eigenvalue weighted by atomic mass is 79.9. The van der Waals surface area contributed by atoms with E-state index in [1.165, 1.54) is 0 Å². The highest BCUT2D eigenvalue weighted by molar-refractivity contribution is 9.10. The van der Waals surface area contributed by atoms with Crippen LogP contribution < -0.4 is 15.4 Å². The number of carbonyl (C=O) groups excluding carboxylic acids is 1. The second kappa shape index (κ2) is 8.00. The zero-order valence-electron chi connectivity index (χ0n) is 13.5. The molecule has 1 saturated heterocycles. The van der Waals surface area contributed by atoms with Crippen LogP contribution >= 0.6 is 28.3 Å². The van der Waals surface area contributed by atoms with E-state index in [0.29, 0.717) is 6.54 Å². The van der Waals surface area contributed by atoms with Crippen LogP contribution in [0.2, 0.25) is 0 Å². The predicted molar refractivity (Wildman–Crippen MR) is 98.9 cm³/mol. The van der Waals surface area contributed by atoms with Gasteiger partial charge in [0, 0.05) is 37.9 Å². The Morgan fingerprint density at radius 3 is 2.88 bits per heavy atom. The molecule has 1 aliphatic rings. The molecule has 0 aliphatic carbocycles. The maximum absolute atomic E-state index is 12.6. The Kier molecular flexibility index (Phi) is 6.26. The zero-order valence-corrected chi connectivity index (χ0v) is 15.9. The SMILES string of the molecule is COc1ccc(NC(=O)[C@H]2CNC[C@@H]2c2cnn(C)c2)cc1Br.Cl. The van der Waals surface area contributed by atoms with Gasteiger partial charge < -0.3 is 15.4 Å². The highest BCUT2D eigenvalue weighted by Crippen LogP contribution is 2.31. The fourth-order valence-corrected chi connectivity index (χ4v) is 3.46. The van der Waals surface area contributed by atoms with E-state index < -0.39 is 0 Å². The van der Waals surface area contributed by atoms with Crippen molar-refractivity contribution in [2.75, 3.05) is 25.5 Å². The highest BCUT2D eigenvalue weighted by Gasteiger charge is 2.34. The lowest BCUT2D eigenvalue weighted by Crippen LogP contribution is -2.28. The van der Waals surface area contributed by atoms with Crippen molar-refractivity contribution in [1.29, 1.82) is 0 Å². The van der Waals surface area contributed by atoms with Gasteiger partial charge in [-0.1, -0.05) is 0 Å². The van der Waals surface area contributed by atoms with E-state index in [-0.39, 0.29) is 30.2 Å². The maximum atomic E-state index is 12.6. The molecule has 1 aliphatic heterocycles. The lowest BCUT2D eigenvalue weighted by molar-refractivity contribution is -0.119. The molecule has 3 rings (SSSR count). The topological polar surface area (TPSA) is 68.2 Å². The molecule has 24 heavy (non-hydrogen) atoms. The summed E-state index contributed by atoms with van der Waals surface area (Å²) in [7, 11) is 3.50. The number of carbonyl (C=O) groups is 1. The molecule has 0 spiro atoms. The zero-order chi connectivity index (χ0) is 16.4. The Morgan fingerprint density at radius 1 is 1.46 bits per heavy atom. The summed E-state index contributed by atoms with van der Waals surface area (Å²) in [6.45, 7) is 1.46. The number of nitrogens with one attached hydrogen (secondary N) is 2. The van der Waals surface area contributed by atoms with Gasteiger partial charge in [-0.3, -0.25) is 9.48 Å². The van der Waals surface area contributed by atoms with E-state index in [1.54, 1.807) is 11.8 Å². The Bertz CT molecular complexity index is 722. The Balaban J connectivity index is 0.00000208. The molecule has 2 heterocycles. The smallest absolute Gasteiger partial charge is 0.229 e. The fourth-order valence-electron chi connectivity index (χ4n) is 2.92. The van der Waals surface area contributed by atoms with Gasteiger partial charge in [-0.25, -0.2) is 0 Å². The largest absolute Gasteiger partial charge is 0.496 e. The summed E-state index contributed by atoms with van der Waals surface area (Å²) in [6, 6.07) is 5.51. The maximum Gasteiger partial charge on any atom is 0.229 e. The average Bonchev–Trinajstić information content (AvgIpc) is 3.15. The first-order valence-electron chi connectivity index (χ1n) is 7.42. The minimum absolute atomic E-state index is 0. The van der Waals surface area contributed by atoms with Crippen LogP contribution in [-0.4, -0.2) is 35.9 Å². The second-order valence-electron chi connectivity index (χ2n) is 5.66. The third kappa shape index (κ3) is 3.91. The minimum Gasteiger partial charge on any atom is -0.496 e. The first kappa shape index (κ1) is 18.8. The minimum atomic E-state index is -0.111. The molecule has 2 N–H and O–H groups in total.